The number of hydrogen-bond donors (Lipinski definition) is 1. The maximum Gasteiger partial charge on any atom is 0.238 e. The van der Waals surface area contributed by atoms with Crippen molar-refractivity contribution < 1.29 is 8.42 Å². The largest absolute Gasteiger partial charge is 0.328 e. The summed E-state index contributed by atoms with van der Waals surface area (Å²) in [5.74, 6) is 1.49. The first-order chi connectivity index (χ1) is 11.5. The molecule has 24 heavy (non-hydrogen) atoms. The average Bonchev–Trinajstić information content (AvgIpc) is 3.20. The molecule has 0 atom stereocenters. The molecule has 126 valence electrons. The predicted octanol–water partition coefficient (Wildman–Crippen LogP) is 1.05. The van der Waals surface area contributed by atoms with Crippen LogP contribution in [-0.4, -0.2) is 32.7 Å². The fourth-order valence-corrected chi connectivity index (χ4v) is 2.98. The summed E-state index contributed by atoms with van der Waals surface area (Å²) in [5, 5.41) is 9.27. The van der Waals surface area contributed by atoms with E-state index < -0.39 is 10.0 Å². The number of aryl methyl sites for hydroxylation is 3. The van der Waals surface area contributed by atoms with Crippen LogP contribution in [0.3, 0.4) is 0 Å². The smallest absolute Gasteiger partial charge is 0.238 e. The van der Waals surface area contributed by atoms with E-state index in [1.807, 2.05) is 17.7 Å². The van der Waals surface area contributed by atoms with Gasteiger partial charge in [-0.05, 0) is 31.0 Å². The van der Waals surface area contributed by atoms with Crippen molar-refractivity contribution in [2.45, 2.75) is 31.3 Å². The number of rotatable bonds is 6. The van der Waals surface area contributed by atoms with Crippen LogP contribution in [0.25, 0.3) is 11.6 Å². The van der Waals surface area contributed by atoms with Gasteiger partial charge in [0.2, 0.25) is 10.0 Å². The molecule has 0 aliphatic heterocycles. The highest BCUT2D eigenvalue weighted by molar-refractivity contribution is 7.89. The molecule has 3 rings (SSSR count). The molecule has 2 N–H and O–H groups in total. The van der Waals surface area contributed by atoms with Gasteiger partial charge in [-0.3, -0.25) is 0 Å². The van der Waals surface area contributed by atoms with Gasteiger partial charge >= 0.3 is 0 Å². The van der Waals surface area contributed by atoms with E-state index in [9.17, 15) is 8.42 Å². The Labute approximate surface area is 140 Å². The molecule has 0 unspecified atom stereocenters. The van der Waals surface area contributed by atoms with Crippen LogP contribution in [0, 0.1) is 0 Å². The molecule has 0 bridgehead atoms. The number of hydrogen-bond acceptors (Lipinski definition) is 5. The standard InChI is InChI=1S/C15H18N6O2S/c1-2-21-15(18-11-19-21)14-17-8-10-20(14)9-7-12-3-5-13(6-4-12)24(16,22)23/h3-6,8,10-11H,2,7,9H2,1H3,(H2,16,22,23). The second-order valence-corrected chi connectivity index (χ2v) is 6.84. The predicted molar refractivity (Wildman–Crippen MR) is 88.4 cm³/mol. The van der Waals surface area contributed by atoms with Crippen molar-refractivity contribution in [1.29, 1.82) is 0 Å². The normalized spacial score (nSPS) is 11.8. The summed E-state index contributed by atoms with van der Waals surface area (Å²) in [5.41, 5.74) is 1.01. The van der Waals surface area contributed by atoms with Crippen molar-refractivity contribution in [3.8, 4) is 11.6 Å². The number of aromatic nitrogens is 5. The van der Waals surface area contributed by atoms with Gasteiger partial charge in [-0.15, -0.1) is 0 Å². The number of imidazole rings is 1. The third kappa shape index (κ3) is 3.36. The van der Waals surface area contributed by atoms with Crippen LogP contribution in [0.2, 0.25) is 0 Å². The summed E-state index contributed by atoms with van der Waals surface area (Å²) in [4.78, 5) is 8.76. The molecule has 0 amide bonds. The molecule has 8 nitrogen and oxygen atoms in total. The zero-order valence-corrected chi connectivity index (χ0v) is 14.0. The summed E-state index contributed by atoms with van der Waals surface area (Å²) in [6.07, 6.45) is 5.87. The van der Waals surface area contributed by atoms with Gasteiger partial charge in [-0.1, -0.05) is 12.1 Å². The van der Waals surface area contributed by atoms with Gasteiger partial charge in [0.15, 0.2) is 11.6 Å². The van der Waals surface area contributed by atoms with Gasteiger partial charge in [0.25, 0.3) is 0 Å². The Bertz CT molecular complexity index is 927. The molecular weight excluding hydrogens is 328 g/mol. The lowest BCUT2D eigenvalue weighted by atomic mass is 10.1. The third-order valence-electron chi connectivity index (χ3n) is 3.72. The number of primary sulfonamides is 1. The van der Waals surface area contributed by atoms with Crippen LogP contribution < -0.4 is 5.14 Å². The van der Waals surface area contributed by atoms with E-state index in [-0.39, 0.29) is 4.90 Å². The monoisotopic (exact) mass is 346 g/mol. The second kappa shape index (κ2) is 6.54. The summed E-state index contributed by atoms with van der Waals surface area (Å²) in [6, 6.07) is 6.58. The fourth-order valence-electron chi connectivity index (χ4n) is 2.46. The van der Waals surface area contributed by atoms with Crippen LogP contribution >= 0.6 is 0 Å². The average molecular weight is 346 g/mol. The van der Waals surface area contributed by atoms with Crippen molar-refractivity contribution in [3.63, 3.8) is 0 Å². The lowest BCUT2D eigenvalue weighted by Crippen LogP contribution is -2.12. The lowest BCUT2D eigenvalue weighted by Gasteiger charge is -2.08. The van der Waals surface area contributed by atoms with Crippen LogP contribution in [0.1, 0.15) is 12.5 Å². The Kier molecular flexibility index (Phi) is 4.45. The first kappa shape index (κ1) is 16.3. The summed E-state index contributed by atoms with van der Waals surface area (Å²) < 4.78 is 26.3. The summed E-state index contributed by atoms with van der Waals surface area (Å²) in [7, 11) is -3.65. The highest BCUT2D eigenvalue weighted by Crippen LogP contribution is 2.16. The molecule has 0 saturated carbocycles. The van der Waals surface area contributed by atoms with Crippen molar-refractivity contribution in [3.05, 3.63) is 48.5 Å². The van der Waals surface area contributed by atoms with Gasteiger partial charge < -0.3 is 4.57 Å². The first-order valence-corrected chi connectivity index (χ1v) is 9.04. The molecule has 0 fully saturated rings. The van der Waals surface area contributed by atoms with E-state index in [1.165, 1.54) is 18.5 Å². The van der Waals surface area contributed by atoms with Crippen molar-refractivity contribution in [2.75, 3.05) is 0 Å². The second-order valence-electron chi connectivity index (χ2n) is 5.28. The van der Waals surface area contributed by atoms with E-state index in [0.29, 0.717) is 6.54 Å². The maximum atomic E-state index is 11.3. The molecular formula is C15H18N6O2S. The number of benzene rings is 1. The first-order valence-electron chi connectivity index (χ1n) is 7.50. The van der Waals surface area contributed by atoms with Crippen LogP contribution in [0.4, 0.5) is 0 Å². The Morgan fingerprint density at radius 2 is 1.88 bits per heavy atom. The van der Waals surface area contributed by atoms with Gasteiger partial charge in [-0.2, -0.15) is 5.10 Å². The Morgan fingerprint density at radius 1 is 1.12 bits per heavy atom. The highest BCUT2D eigenvalue weighted by Gasteiger charge is 2.12. The Balaban J connectivity index is 1.76. The molecule has 0 aliphatic carbocycles. The molecule has 3 aromatic rings. The van der Waals surface area contributed by atoms with Gasteiger partial charge in [0.05, 0.1) is 4.90 Å². The quantitative estimate of drug-likeness (QED) is 0.717. The molecule has 1 aromatic carbocycles. The van der Waals surface area contributed by atoms with Crippen LogP contribution in [-0.2, 0) is 29.5 Å². The van der Waals surface area contributed by atoms with E-state index >= 15 is 0 Å². The molecule has 2 heterocycles. The van der Waals surface area contributed by atoms with Crippen molar-refractivity contribution in [1.82, 2.24) is 24.3 Å². The number of sulfonamides is 1. The molecule has 0 spiro atoms. The molecule has 2 aromatic heterocycles. The zero-order valence-electron chi connectivity index (χ0n) is 13.2. The van der Waals surface area contributed by atoms with Gasteiger partial charge in [-0.25, -0.2) is 28.2 Å². The van der Waals surface area contributed by atoms with E-state index in [1.54, 1.807) is 23.0 Å². The zero-order chi connectivity index (χ0) is 17.2. The minimum absolute atomic E-state index is 0.116. The Hall–Kier alpha value is -2.52. The molecule has 0 radical (unpaired) electrons. The molecule has 9 heteroatoms. The minimum Gasteiger partial charge on any atom is -0.328 e. The number of nitrogens with zero attached hydrogens (tertiary/aromatic N) is 5. The van der Waals surface area contributed by atoms with Gasteiger partial charge in [0.1, 0.15) is 6.33 Å². The molecule has 0 saturated heterocycles. The van der Waals surface area contributed by atoms with E-state index in [0.717, 1.165) is 30.2 Å². The van der Waals surface area contributed by atoms with E-state index in [4.69, 9.17) is 5.14 Å². The third-order valence-corrected chi connectivity index (χ3v) is 4.65. The Morgan fingerprint density at radius 3 is 2.54 bits per heavy atom. The maximum absolute atomic E-state index is 11.3. The van der Waals surface area contributed by atoms with E-state index in [2.05, 4.69) is 15.1 Å². The lowest BCUT2D eigenvalue weighted by molar-refractivity contribution is 0.597. The highest BCUT2D eigenvalue weighted by atomic mass is 32.2. The summed E-state index contributed by atoms with van der Waals surface area (Å²) >= 11 is 0. The SMILES string of the molecule is CCn1ncnc1-c1nccn1CCc1ccc(S(N)(=O)=O)cc1. The van der Waals surface area contributed by atoms with Crippen LogP contribution in [0.5, 0.6) is 0 Å². The van der Waals surface area contributed by atoms with Crippen LogP contribution in [0.15, 0.2) is 47.9 Å². The minimum atomic E-state index is -3.65. The van der Waals surface area contributed by atoms with Gasteiger partial charge in [0, 0.05) is 25.5 Å². The van der Waals surface area contributed by atoms with Crippen molar-refractivity contribution >= 4 is 10.0 Å². The summed E-state index contributed by atoms with van der Waals surface area (Å²) in [6.45, 7) is 3.41. The van der Waals surface area contributed by atoms with Crippen molar-refractivity contribution in [2.24, 2.45) is 5.14 Å². The fraction of sp³-hybridized carbons (Fsp3) is 0.267. The molecule has 0 aliphatic rings. The topological polar surface area (TPSA) is 109 Å². The number of nitrogens with two attached hydrogens (primary N) is 1.